The lowest BCUT2D eigenvalue weighted by Crippen LogP contribution is -2.39. The second-order valence-electron chi connectivity index (χ2n) is 4.93. The van der Waals surface area contributed by atoms with Crippen LogP contribution >= 0.6 is 15.9 Å². The molecule has 0 bridgehead atoms. The van der Waals surface area contributed by atoms with Crippen LogP contribution in [0.15, 0.2) is 53.0 Å². The van der Waals surface area contributed by atoms with E-state index < -0.39 is 0 Å². The first-order valence-corrected chi connectivity index (χ1v) is 7.27. The molecule has 0 aliphatic carbocycles. The second kappa shape index (κ2) is 5.35. The molecular formula is C16H16BrNO. The first-order chi connectivity index (χ1) is 9.24. The first kappa shape index (κ1) is 12.7. The lowest BCUT2D eigenvalue weighted by molar-refractivity contribution is 0.198. The number of nitrogens with two attached hydrogens (primary N) is 1. The van der Waals surface area contributed by atoms with Crippen LogP contribution in [-0.2, 0) is 12.8 Å². The maximum absolute atomic E-state index is 6.31. The van der Waals surface area contributed by atoms with Gasteiger partial charge >= 0.3 is 0 Å². The highest BCUT2D eigenvalue weighted by Crippen LogP contribution is 2.30. The highest BCUT2D eigenvalue weighted by atomic mass is 79.9. The van der Waals surface area contributed by atoms with E-state index in [-0.39, 0.29) is 12.1 Å². The molecule has 3 rings (SSSR count). The summed E-state index contributed by atoms with van der Waals surface area (Å²) in [7, 11) is 0. The molecule has 1 aliphatic heterocycles. The normalized spacial score (nSPS) is 18.7. The number of para-hydroxylation sites is 1. The van der Waals surface area contributed by atoms with E-state index in [0.717, 1.165) is 23.1 Å². The number of halogens is 1. The van der Waals surface area contributed by atoms with Crippen LogP contribution in [0.3, 0.4) is 0 Å². The van der Waals surface area contributed by atoms with Gasteiger partial charge in [0.1, 0.15) is 11.9 Å². The summed E-state index contributed by atoms with van der Waals surface area (Å²) in [5, 5.41) is 0. The fraction of sp³-hybridized carbons (Fsp3) is 0.250. The maximum atomic E-state index is 6.31. The fourth-order valence-corrected chi connectivity index (χ4v) is 2.94. The molecule has 2 atom stereocenters. The summed E-state index contributed by atoms with van der Waals surface area (Å²) < 4.78 is 7.05. The summed E-state index contributed by atoms with van der Waals surface area (Å²) in [6, 6.07) is 16.4. The predicted octanol–water partition coefficient (Wildman–Crippen LogP) is 3.32. The van der Waals surface area contributed by atoms with Crippen LogP contribution in [0.4, 0.5) is 0 Å². The predicted molar refractivity (Wildman–Crippen MR) is 80.4 cm³/mol. The Morgan fingerprint density at radius 1 is 1.16 bits per heavy atom. The Hall–Kier alpha value is -1.32. The third-order valence-electron chi connectivity index (χ3n) is 3.56. The van der Waals surface area contributed by atoms with E-state index in [0.29, 0.717) is 0 Å². The van der Waals surface area contributed by atoms with Gasteiger partial charge in [0.2, 0.25) is 0 Å². The van der Waals surface area contributed by atoms with Crippen molar-refractivity contribution in [3.05, 3.63) is 64.1 Å². The third-order valence-corrected chi connectivity index (χ3v) is 4.34. The molecule has 0 amide bonds. The molecule has 2 aromatic carbocycles. The maximum Gasteiger partial charge on any atom is 0.123 e. The zero-order chi connectivity index (χ0) is 13.2. The molecule has 1 heterocycles. The standard InChI is InChI=1S/C16H16BrNO/c17-13-7-3-1-5-11(13)9-14(18)16-10-12-6-2-4-8-15(12)19-16/h1-8,14,16H,9-10,18H2. The third kappa shape index (κ3) is 2.67. The zero-order valence-corrected chi connectivity index (χ0v) is 12.1. The average Bonchev–Trinajstić information content (AvgIpc) is 2.85. The number of hydrogen-bond donors (Lipinski definition) is 1. The quantitative estimate of drug-likeness (QED) is 0.942. The van der Waals surface area contributed by atoms with E-state index in [9.17, 15) is 0 Å². The van der Waals surface area contributed by atoms with Crippen LogP contribution < -0.4 is 10.5 Å². The molecule has 1 aliphatic rings. The smallest absolute Gasteiger partial charge is 0.123 e. The molecule has 2 N–H and O–H groups in total. The molecule has 0 saturated carbocycles. The van der Waals surface area contributed by atoms with E-state index in [1.54, 1.807) is 0 Å². The van der Waals surface area contributed by atoms with Gasteiger partial charge in [0, 0.05) is 16.9 Å². The highest BCUT2D eigenvalue weighted by Gasteiger charge is 2.28. The van der Waals surface area contributed by atoms with Gasteiger partial charge in [-0.1, -0.05) is 52.3 Å². The van der Waals surface area contributed by atoms with Crippen LogP contribution in [0.5, 0.6) is 5.75 Å². The molecule has 19 heavy (non-hydrogen) atoms. The van der Waals surface area contributed by atoms with Gasteiger partial charge in [-0.25, -0.2) is 0 Å². The summed E-state index contributed by atoms with van der Waals surface area (Å²) in [5.74, 6) is 0.982. The number of ether oxygens (including phenoxy) is 1. The van der Waals surface area contributed by atoms with Gasteiger partial charge < -0.3 is 10.5 Å². The summed E-state index contributed by atoms with van der Waals surface area (Å²) in [5.41, 5.74) is 8.80. The molecule has 0 saturated heterocycles. The summed E-state index contributed by atoms with van der Waals surface area (Å²) >= 11 is 3.57. The first-order valence-electron chi connectivity index (χ1n) is 6.47. The van der Waals surface area contributed by atoms with Gasteiger partial charge in [0.05, 0.1) is 0 Å². The lowest BCUT2D eigenvalue weighted by Gasteiger charge is -2.19. The molecule has 2 aromatic rings. The van der Waals surface area contributed by atoms with Gasteiger partial charge in [0.25, 0.3) is 0 Å². The van der Waals surface area contributed by atoms with Gasteiger partial charge in [-0.15, -0.1) is 0 Å². The molecular weight excluding hydrogens is 302 g/mol. The summed E-state index contributed by atoms with van der Waals surface area (Å²) in [6.07, 6.45) is 1.80. The molecule has 2 nitrogen and oxygen atoms in total. The van der Waals surface area contributed by atoms with Crippen molar-refractivity contribution in [3.8, 4) is 5.75 Å². The zero-order valence-electron chi connectivity index (χ0n) is 10.6. The van der Waals surface area contributed by atoms with Crippen molar-refractivity contribution in [1.82, 2.24) is 0 Å². The average molecular weight is 318 g/mol. The monoisotopic (exact) mass is 317 g/mol. The minimum atomic E-state index is 0.00565. The highest BCUT2D eigenvalue weighted by molar-refractivity contribution is 9.10. The van der Waals surface area contributed by atoms with Crippen LogP contribution in [0.2, 0.25) is 0 Å². The topological polar surface area (TPSA) is 35.2 Å². The number of fused-ring (bicyclic) bond motifs is 1. The van der Waals surface area contributed by atoms with Crippen LogP contribution in [0.25, 0.3) is 0 Å². The van der Waals surface area contributed by atoms with E-state index in [1.165, 1.54) is 11.1 Å². The lowest BCUT2D eigenvalue weighted by atomic mass is 9.99. The molecule has 3 heteroatoms. The van der Waals surface area contributed by atoms with Crippen molar-refractivity contribution >= 4 is 15.9 Å². The van der Waals surface area contributed by atoms with Crippen molar-refractivity contribution in [2.45, 2.75) is 25.0 Å². The van der Waals surface area contributed by atoms with Gasteiger partial charge in [-0.05, 0) is 29.7 Å². The van der Waals surface area contributed by atoms with Crippen LogP contribution in [-0.4, -0.2) is 12.1 Å². The molecule has 98 valence electrons. The van der Waals surface area contributed by atoms with Crippen molar-refractivity contribution in [1.29, 1.82) is 0 Å². The van der Waals surface area contributed by atoms with Gasteiger partial charge in [-0.3, -0.25) is 0 Å². The van der Waals surface area contributed by atoms with Crippen molar-refractivity contribution in [2.75, 3.05) is 0 Å². The Labute approximate surface area is 121 Å². The Morgan fingerprint density at radius 2 is 1.89 bits per heavy atom. The SMILES string of the molecule is NC(Cc1ccccc1Br)C1Cc2ccccc2O1. The van der Waals surface area contributed by atoms with E-state index >= 15 is 0 Å². The molecule has 2 unspecified atom stereocenters. The number of hydrogen-bond acceptors (Lipinski definition) is 2. The van der Waals surface area contributed by atoms with E-state index in [1.807, 2.05) is 36.4 Å². The van der Waals surface area contributed by atoms with Crippen LogP contribution in [0.1, 0.15) is 11.1 Å². The van der Waals surface area contributed by atoms with E-state index in [2.05, 4.69) is 28.1 Å². The van der Waals surface area contributed by atoms with Crippen molar-refractivity contribution in [2.24, 2.45) is 5.73 Å². The molecule has 0 aromatic heterocycles. The minimum absolute atomic E-state index is 0.00565. The van der Waals surface area contributed by atoms with Crippen molar-refractivity contribution < 1.29 is 4.74 Å². The van der Waals surface area contributed by atoms with E-state index in [4.69, 9.17) is 10.5 Å². The number of benzene rings is 2. The van der Waals surface area contributed by atoms with Crippen molar-refractivity contribution in [3.63, 3.8) is 0 Å². The largest absolute Gasteiger partial charge is 0.488 e. The molecule has 0 spiro atoms. The molecule has 0 radical (unpaired) electrons. The number of rotatable bonds is 3. The second-order valence-corrected chi connectivity index (χ2v) is 5.78. The Kier molecular flexibility index (Phi) is 3.58. The van der Waals surface area contributed by atoms with Gasteiger partial charge in [-0.2, -0.15) is 0 Å². The Balaban J connectivity index is 1.70. The fourth-order valence-electron chi connectivity index (χ4n) is 2.50. The molecule has 0 fully saturated rings. The summed E-state index contributed by atoms with van der Waals surface area (Å²) in [6.45, 7) is 0. The summed E-state index contributed by atoms with van der Waals surface area (Å²) in [4.78, 5) is 0. The minimum Gasteiger partial charge on any atom is -0.488 e. The Bertz CT molecular complexity index is 559. The Morgan fingerprint density at radius 3 is 2.68 bits per heavy atom. The van der Waals surface area contributed by atoms with Gasteiger partial charge in [0.15, 0.2) is 0 Å². The van der Waals surface area contributed by atoms with Crippen LogP contribution in [0, 0.1) is 0 Å².